The fourth-order valence-corrected chi connectivity index (χ4v) is 2.61. The van der Waals surface area contributed by atoms with E-state index in [0.29, 0.717) is 13.1 Å². The minimum Gasteiger partial charge on any atom is -0.352 e. The van der Waals surface area contributed by atoms with Crippen molar-refractivity contribution in [3.8, 4) is 0 Å². The molecule has 0 aliphatic carbocycles. The van der Waals surface area contributed by atoms with Crippen LogP contribution in [0.1, 0.15) is 40.2 Å². The molecule has 1 aromatic carbocycles. The van der Waals surface area contributed by atoms with Crippen molar-refractivity contribution in [2.75, 3.05) is 13.1 Å². The van der Waals surface area contributed by atoms with Crippen molar-refractivity contribution >= 4 is 5.91 Å². The van der Waals surface area contributed by atoms with E-state index in [1.165, 1.54) is 5.56 Å². The summed E-state index contributed by atoms with van der Waals surface area (Å²) in [4.78, 5) is 12.3. The van der Waals surface area contributed by atoms with E-state index in [9.17, 15) is 4.79 Å². The van der Waals surface area contributed by atoms with Gasteiger partial charge in [0.05, 0.1) is 5.56 Å². The molecule has 1 heterocycles. The lowest BCUT2D eigenvalue weighted by atomic mass is 10.2. The highest BCUT2D eigenvalue weighted by atomic mass is 16.1. The van der Waals surface area contributed by atoms with E-state index < -0.39 is 0 Å². The Hall–Kier alpha value is -2.07. The number of unbranched alkanes of at least 4 members (excludes halogenated alkanes) is 1. The molecule has 0 fully saturated rings. The van der Waals surface area contributed by atoms with Gasteiger partial charge in [0.2, 0.25) is 0 Å². The third kappa shape index (κ3) is 3.98. The van der Waals surface area contributed by atoms with Gasteiger partial charge in [-0.3, -0.25) is 4.79 Å². The molecule has 1 amide bonds. The number of carbonyl (C=O) groups is 1. The van der Waals surface area contributed by atoms with Crippen molar-refractivity contribution in [1.82, 2.24) is 9.88 Å². The summed E-state index contributed by atoms with van der Waals surface area (Å²) in [6, 6.07) is 12.3. The second kappa shape index (κ2) is 7.80. The Morgan fingerprint density at radius 2 is 1.91 bits per heavy atom. The van der Waals surface area contributed by atoms with Crippen LogP contribution < -0.4 is 11.1 Å². The lowest BCUT2D eigenvalue weighted by Crippen LogP contribution is -2.25. The molecule has 0 unspecified atom stereocenters. The molecule has 4 nitrogen and oxygen atoms in total. The Morgan fingerprint density at radius 3 is 2.59 bits per heavy atom. The average molecular weight is 299 g/mol. The molecular weight excluding hydrogens is 274 g/mol. The summed E-state index contributed by atoms with van der Waals surface area (Å²) in [6.45, 7) is 6.19. The maximum Gasteiger partial charge on any atom is 0.253 e. The maximum atomic E-state index is 12.3. The summed E-state index contributed by atoms with van der Waals surface area (Å²) in [5, 5.41) is 2.97. The van der Waals surface area contributed by atoms with Gasteiger partial charge in [0.15, 0.2) is 0 Å². The van der Waals surface area contributed by atoms with Crippen molar-refractivity contribution in [2.45, 2.75) is 33.2 Å². The number of nitrogens with zero attached hydrogens (tertiary/aromatic N) is 1. The summed E-state index contributed by atoms with van der Waals surface area (Å²) < 4.78 is 2.18. The minimum absolute atomic E-state index is 0.00410. The fraction of sp³-hybridized carbons (Fsp3) is 0.389. The van der Waals surface area contributed by atoms with Crippen LogP contribution in [0.4, 0.5) is 0 Å². The zero-order valence-corrected chi connectivity index (χ0v) is 13.4. The summed E-state index contributed by atoms with van der Waals surface area (Å²) in [7, 11) is 0. The second-order valence-electron chi connectivity index (χ2n) is 5.61. The highest BCUT2D eigenvalue weighted by molar-refractivity contribution is 5.95. The molecule has 0 aliphatic heterocycles. The molecule has 0 bridgehead atoms. The molecular formula is C18H25N3O. The molecule has 0 atom stereocenters. The van der Waals surface area contributed by atoms with Gasteiger partial charge in [0.1, 0.15) is 0 Å². The van der Waals surface area contributed by atoms with E-state index in [4.69, 9.17) is 5.73 Å². The zero-order valence-electron chi connectivity index (χ0n) is 13.4. The van der Waals surface area contributed by atoms with Gasteiger partial charge in [-0.1, -0.05) is 30.3 Å². The van der Waals surface area contributed by atoms with Gasteiger partial charge >= 0.3 is 0 Å². The Morgan fingerprint density at radius 1 is 1.18 bits per heavy atom. The number of nitrogens with one attached hydrogen (secondary N) is 1. The monoisotopic (exact) mass is 299 g/mol. The van der Waals surface area contributed by atoms with Crippen LogP contribution in [0.15, 0.2) is 36.4 Å². The van der Waals surface area contributed by atoms with Crippen molar-refractivity contribution in [3.63, 3.8) is 0 Å². The van der Waals surface area contributed by atoms with Gasteiger partial charge in [-0.2, -0.15) is 0 Å². The molecule has 0 spiro atoms. The molecule has 118 valence electrons. The minimum atomic E-state index is 0.00410. The predicted molar refractivity (Wildman–Crippen MR) is 90.1 cm³/mol. The number of rotatable bonds is 7. The van der Waals surface area contributed by atoms with E-state index in [0.717, 1.165) is 36.3 Å². The lowest BCUT2D eigenvalue weighted by Gasteiger charge is -2.10. The van der Waals surface area contributed by atoms with Crippen LogP contribution in [0.25, 0.3) is 0 Å². The van der Waals surface area contributed by atoms with Crippen molar-refractivity contribution in [2.24, 2.45) is 5.73 Å². The predicted octanol–water partition coefficient (Wildman–Crippen LogP) is 2.62. The number of benzene rings is 1. The lowest BCUT2D eigenvalue weighted by molar-refractivity contribution is 0.0952. The standard InChI is InChI=1S/C18H25N3O/c1-14-12-17(18(22)20-11-7-6-10-19)15(2)21(14)13-16-8-4-3-5-9-16/h3-5,8-9,12H,6-7,10-11,13,19H2,1-2H3,(H,20,22). The largest absolute Gasteiger partial charge is 0.352 e. The summed E-state index contributed by atoms with van der Waals surface area (Å²) in [5.74, 6) is 0.00410. The molecule has 1 aromatic heterocycles. The van der Waals surface area contributed by atoms with Gasteiger partial charge < -0.3 is 15.6 Å². The van der Waals surface area contributed by atoms with Crippen LogP contribution in [-0.2, 0) is 6.54 Å². The molecule has 0 radical (unpaired) electrons. The van der Waals surface area contributed by atoms with Crippen LogP contribution in [-0.4, -0.2) is 23.6 Å². The maximum absolute atomic E-state index is 12.3. The summed E-state index contributed by atoms with van der Waals surface area (Å²) >= 11 is 0. The number of hydrogen-bond acceptors (Lipinski definition) is 2. The SMILES string of the molecule is Cc1cc(C(=O)NCCCCN)c(C)n1Cc1ccccc1. The number of carbonyl (C=O) groups excluding carboxylic acids is 1. The van der Waals surface area contributed by atoms with Crippen LogP contribution in [0.5, 0.6) is 0 Å². The highest BCUT2D eigenvalue weighted by Crippen LogP contribution is 2.17. The van der Waals surface area contributed by atoms with Crippen LogP contribution >= 0.6 is 0 Å². The molecule has 2 rings (SSSR count). The van der Waals surface area contributed by atoms with Crippen LogP contribution in [0, 0.1) is 13.8 Å². The van der Waals surface area contributed by atoms with Gasteiger partial charge in [-0.05, 0) is 44.9 Å². The van der Waals surface area contributed by atoms with E-state index in [2.05, 4.69) is 22.0 Å². The number of nitrogens with two attached hydrogens (primary N) is 1. The average Bonchev–Trinajstić information content (AvgIpc) is 2.81. The Bertz CT molecular complexity index is 617. The Labute approximate surface area is 132 Å². The first-order valence-electron chi connectivity index (χ1n) is 7.82. The van der Waals surface area contributed by atoms with E-state index >= 15 is 0 Å². The van der Waals surface area contributed by atoms with Crippen molar-refractivity contribution in [3.05, 3.63) is 58.9 Å². The molecule has 0 saturated carbocycles. The molecule has 2 aromatic rings. The third-order valence-corrected chi connectivity index (χ3v) is 3.92. The topological polar surface area (TPSA) is 60.1 Å². The van der Waals surface area contributed by atoms with Gasteiger partial charge in [0, 0.05) is 24.5 Å². The molecule has 0 saturated heterocycles. The van der Waals surface area contributed by atoms with Gasteiger partial charge in [-0.15, -0.1) is 0 Å². The summed E-state index contributed by atoms with van der Waals surface area (Å²) in [5.41, 5.74) is 9.58. The highest BCUT2D eigenvalue weighted by Gasteiger charge is 2.15. The van der Waals surface area contributed by atoms with Crippen LogP contribution in [0.2, 0.25) is 0 Å². The Kier molecular flexibility index (Phi) is 5.78. The van der Waals surface area contributed by atoms with E-state index in [1.807, 2.05) is 38.1 Å². The van der Waals surface area contributed by atoms with Crippen molar-refractivity contribution in [1.29, 1.82) is 0 Å². The van der Waals surface area contributed by atoms with Gasteiger partial charge in [0.25, 0.3) is 5.91 Å². The van der Waals surface area contributed by atoms with E-state index in [-0.39, 0.29) is 5.91 Å². The number of hydrogen-bond donors (Lipinski definition) is 2. The first-order chi connectivity index (χ1) is 10.6. The molecule has 4 heteroatoms. The molecule has 0 aliphatic rings. The first kappa shape index (κ1) is 16.3. The third-order valence-electron chi connectivity index (χ3n) is 3.92. The zero-order chi connectivity index (χ0) is 15.9. The normalized spacial score (nSPS) is 10.7. The number of amides is 1. The molecule has 3 N–H and O–H groups in total. The van der Waals surface area contributed by atoms with Crippen LogP contribution in [0.3, 0.4) is 0 Å². The number of aryl methyl sites for hydroxylation is 1. The quantitative estimate of drug-likeness (QED) is 0.772. The smallest absolute Gasteiger partial charge is 0.253 e. The second-order valence-corrected chi connectivity index (χ2v) is 5.61. The summed E-state index contributed by atoms with van der Waals surface area (Å²) in [6.07, 6.45) is 1.86. The molecule has 22 heavy (non-hydrogen) atoms. The van der Waals surface area contributed by atoms with Gasteiger partial charge in [-0.25, -0.2) is 0 Å². The first-order valence-corrected chi connectivity index (χ1v) is 7.82. The number of aromatic nitrogens is 1. The van der Waals surface area contributed by atoms with E-state index in [1.54, 1.807) is 0 Å². The Balaban J connectivity index is 2.08. The fourth-order valence-electron chi connectivity index (χ4n) is 2.61. The van der Waals surface area contributed by atoms with Crippen molar-refractivity contribution < 1.29 is 4.79 Å².